The van der Waals surface area contributed by atoms with Crippen molar-refractivity contribution in [2.45, 2.75) is 33.1 Å². The third-order valence-corrected chi connectivity index (χ3v) is 4.35. The second kappa shape index (κ2) is 4.83. The molecule has 102 valence electrons. The van der Waals surface area contributed by atoms with Gasteiger partial charge < -0.3 is 4.90 Å². The molecule has 19 heavy (non-hydrogen) atoms. The van der Waals surface area contributed by atoms with Crippen molar-refractivity contribution in [1.29, 1.82) is 0 Å². The third-order valence-electron chi connectivity index (χ3n) is 4.35. The molecule has 4 heteroatoms. The van der Waals surface area contributed by atoms with Crippen LogP contribution in [0.15, 0.2) is 12.1 Å². The number of fused-ring (bicyclic) bond motifs is 1. The fourth-order valence-electron chi connectivity index (χ4n) is 3.49. The second-order valence-electron chi connectivity index (χ2n) is 5.96. The molecule has 0 bridgehead atoms. The minimum Gasteiger partial charge on any atom is -0.324 e. The van der Waals surface area contributed by atoms with Crippen molar-refractivity contribution < 1.29 is 4.79 Å². The molecule has 1 N–H and O–H groups in total. The Morgan fingerprint density at radius 3 is 2.58 bits per heavy atom. The van der Waals surface area contributed by atoms with E-state index in [0.717, 1.165) is 36.2 Å². The molecule has 2 fully saturated rings. The molecular formula is C15H21N3O. The Labute approximate surface area is 114 Å². The molecule has 2 heterocycles. The minimum atomic E-state index is 0.00639. The highest BCUT2D eigenvalue weighted by Gasteiger charge is 2.38. The van der Waals surface area contributed by atoms with E-state index >= 15 is 0 Å². The van der Waals surface area contributed by atoms with E-state index < -0.39 is 0 Å². The summed E-state index contributed by atoms with van der Waals surface area (Å²) in [6.07, 6.45) is 3.91. The molecule has 1 saturated carbocycles. The fourth-order valence-corrected chi connectivity index (χ4v) is 3.49. The van der Waals surface area contributed by atoms with E-state index in [1.807, 2.05) is 30.9 Å². The van der Waals surface area contributed by atoms with E-state index in [1.54, 1.807) is 0 Å². The minimum absolute atomic E-state index is 0.00639. The van der Waals surface area contributed by atoms with Crippen molar-refractivity contribution >= 4 is 11.8 Å². The van der Waals surface area contributed by atoms with Crippen LogP contribution in [0.3, 0.4) is 0 Å². The molecule has 2 aliphatic rings. The van der Waals surface area contributed by atoms with Gasteiger partial charge >= 0.3 is 6.03 Å². The number of hydrogen-bond acceptors (Lipinski definition) is 2. The third kappa shape index (κ3) is 2.57. The van der Waals surface area contributed by atoms with Gasteiger partial charge in [0.25, 0.3) is 0 Å². The predicted molar refractivity (Wildman–Crippen MR) is 75.1 cm³/mol. The molecule has 1 aliphatic heterocycles. The van der Waals surface area contributed by atoms with Crippen LogP contribution in [0.4, 0.5) is 10.6 Å². The molecule has 1 aliphatic carbocycles. The quantitative estimate of drug-likeness (QED) is 0.842. The zero-order valence-corrected chi connectivity index (χ0v) is 11.6. The molecule has 1 saturated heterocycles. The van der Waals surface area contributed by atoms with Gasteiger partial charge in [0.05, 0.1) is 0 Å². The van der Waals surface area contributed by atoms with Crippen LogP contribution in [0.5, 0.6) is 0 Å². The molecule has 3 rings (SSSR count). The summed E-state index contributed by atoms with van der Waals surface area (Å²) in [5, 5.41) is 2.93. The summed E-state index contributed by atoms with van der Waals surface area (Å²) >= 11 is 0. The smallest absolute Gasteiger partial charge is 0.323 e. The number of carbonyl (C=O) groups is 1. The van der Waals surface area contributed by atoms with Gasteiger partial charge in [-0.1, -0.05) is 6.42 Å². The number of aryl methyl sites for hydroxylation is 2. The monoisotopic (exact) mass is 259 g/mol. The van der Waals surface area contributed by atoms with Gasteiger partial charge in [0, 0.05) is 18.8 Å². The van der Waals surface area contributed by atoms with Crippen LogP contribution in [0, 0.1) is 25.7 Å². The summed E-state index contributed by atoms with van der Waals surface area (Å²) in [4.78, 5) is 18.6. The Kier molecular flexibility index (Phi) is 3.17. The Balaban J connectivity index is 1.65. The predicted octanol–water partition coefficient (Wildman–Crippen LogP) is 2.96. The molecule has 2 atom stereocenters. The van der Waals surface area contributed by atoms with Crippen molar-refractivity contribution in [2.75, 3.05) is 18.4 Å². The largest absolute Gasteiger partial charge is 0.324 e. The van der Waals surface area contributed by atoms with Crippen LogP contribution in [-0.2, 0) is 0 Å². The van der Waals surface area contributed by atoms with Crippen molar-refractivity contribution in [1.82, 2.24) is 9.88 Å². The first-order valence-electron chi connectivity index (χ1n) is 7.13. The van der Waals surface area contributed by atoms with Crippen LogP contribution in [-0.4, -0.2) is 29.0 Å². The number of pyridine rings is 1. The number of amides is 2. The molecule has 4 nitrogen and oxygen atoms in total. The van der Waals surface area contributed by atoms with Crippen LogP contribution in [0.25, 0.3) is 0 Å². The molecular weight excluding hydrogens is 238 g/mol. The van der Waals surface area contributed by atoms with Crippen molar-refractivity contribution in [3.63, 3.8) is 0 Å². The first-order chi connectivity index (χ1) is 9.11. The van der Waals surface area contributed by atoms with E-state index in [1.165, 1.54) is 19.3 Å². The van der Waals surface area contributed by atoms with Crippen molar-refractivity contribution in [3.8, 4) is 0 Å². The van der Waals surface area contributed by atoms with Gasteiger partial charge in [-0.05, 0) is 56.2 Å². The van der Waals surface area contributed by atoms with Crippen LogP contribution in [0.1, 0.15) is 30.5 Å². The SMILES string of the molecule is Cc1cc(C)nc(NC(=O)N2C[C@H]3CCC[C@H]3C2)c1. The van der Waals surface area contributed by atoms with Gasteiger partial charge in [0.15, 0.2) is 0 Å². The normalized spacial score (nSPS) is 25.5. The molecule has 0 spiro atoms. The van der Waals surface area contributed by atoms with Crippen molar-refractivity contribution in [2.24, 2.45) is 11.8 Å². The van der Waals surface area contributed by atoms with Gasteiger partial charge in [-0.2, -0.15) is 0 Å². The standard InChI is InChI=1S/C15H21N3O/c1-10-6-11(2)16-14(7-10)17-15(19)18-8-12-4-3-5-13(12)9-18/h6-7,12-13H,3-5,8-9H2,1-2H3,(H,16,17,19)/t12-,13+. The van der Waals surface area contributed by atoms with Crippen LogP contribution >= 0.6 is 0 Å². The first kappa shape index (κ1) is 12.5. The first-order valence-corrected chi connectivity index (χ1v) is 7.13. The summed E-state index contributed by atoms with van der Waals surface area (Å²) in [5.41, 5.74) is 2.06. The van der Waals surface area contributed by atoms with Gasteiger partial charge in [-0.25, -0.2) is 9.78 Å². The highest BCUT2D eigenvalue weighted by atomic mass is 16.2. The average molecular weight is 259 g/mol. The lowest BCUT2D eigenvalue weighted by atomic mass is 10.0. The van der Waals surface area contributed by atoms with Gasteiger partial charge in [-0.3, -0.25) is 5.32 Å². The number of aromatic nitrogens is 1. The zero-order chi connectivity index (χ0) is 13.4. The maximum Gasteiger partial charge on any atom is 0.323 e. The maximum absolute atomic E-state index is 12.2. The van der Waals surface area contributed by atoms with Gasteiger partial charge in [-0.15, -0.1) is 0 Å². The number of anilines is 1. The highest BCUT2D eigenvalue weighted by molar-refractivity contribution is 5.88. The molecule has 0 aromatic carbocycles. The Hall–Kier alpha value is -1.58. The topological polar surface area (TPSA) is 45.2 Å². The van der Waals surface area contributed by atoms with E-state index in [-0.39, 0.29) is 6.03 Å². The Bertz CT molecular complexity index is 468. The van der Waals surface area contributed by atoms with Crippen LogP contribution < -0.4 is 5.32 Å². The van der Waals surface area contributed by atoms with Crippen molar-refractivity contribution in [3.05, 3.63) is 23.4 Å². The summed E-state index contributed by atoms with van der Waals surface area (Å²) < 4.78 is 0. The number of carbonyl (C=O) groups excluding carboxylic acids is 1. The molecule has 0 unspecified atom stereocenters. The maximum atomic E-state index is 12.2. The summed E-state index contributed by atoms with van der Waals surface area (Å²) in [5.74, 6) is 2.13. The zero-order valence-electron chi connectivity index (χ0n) is 11.6. The number of urea groups is 1. The Morgan fingerprint density at radius 2 is 1.95 bits per heavy atom. The van der Waals surface area contributed by atoms with E-state index in [4.69, 9.17) is 0 Å². The lowest BCUT2D eigenvalue weighted by Crippen LogP contribution is -2.34. The van der Waals surface area contributed by atoms with E-state index in [0.29, 0.717) is 5.82 Å². The number of likely N-dealkylation sites (tertiary alicyclic amines) is 1. The summed E-state index contributed by atoms with van der Waals surface area (Å²) in [7, 11) is 0. The lowest BCUT2D eigenvalue weighted by molar-refractivity contribution is 0.218. The van der Waals surface area contributed by atoms with Gasteiger partial charge in [0.2, 0.25) is 0 Å². The average Bonchev–Trinajstić information content (AvgIpc) is 2.86. The lowest BCUT2D eigenvalue weighted by Gasteiger charge is -2.18. The molecule has 1 aromatic rings. The highest BCUT2D eigenvalue weighted by Crippen LogP contribution is 2.37. The number of rotatable bonds is 1. The number of hydrogen-bond donors (Lipinski definition) is 1. The number of nitrogens with zero attached hydrogens (tertiary/aromatic N) is 2. The Morgan fingerprint density at radius 1 is 1.26 bits per heavy atom. The van der Waals surface area contributed by atoms with Crippen LogP contribution in [0.2, 0.25) is 0 Å². The van der Waals surface area contributed by atoms with E-state index in [9.17, 15) is 4.79 Å². The summed E-state index contributed by atoms with van der Waals surface area (Å²) in [6, 6.07) is 3.93. The molecule has 2 amide bonds. The summed E-state index contributed by atoms with van der Waals surface area (Å²) in [6.45, 7) is 5.80. The number of nitrogens with one attached hydrogen (secondary N) is 1. The molecule has 1 aromatic heterocycles. The van der Waals surface area contributed by atoms with Gasteiger partial charge in [0.1, 0.15) is 5.82 Å². The second-order valence-corrected chi connectivity index (χ2v) is 5.96. The fraction of sp³-hybridized carbons (Fsp3) is 0.600. The van der Waals surface area contributed by atoms with E-state index in [2.05, 4.69) is 10.3 Å². The molecule has 0 radical (unpaired) electrons.